The second-order valence-electron chi connectivity index (χ2n) is 9.17. The van der Waals surface area contributed by atoms with Crippen molar-refractivity contribution in [1.29, 1.82) is 0 Å². The predicted octanol–water partition coefficient (Wildman–Crippen LogP) is 2.06. The Labute approximate surface area is 206 Å². The monoisotopic (exact) mass is 524 g/mol. The molecule has 5 rings (SSSR count). The number of ketones is 1. The van der Waals surface area contributed by atoms with Gasteiger partial charge in [-0.3, -0.25) is 25.0 Å². The number of imide groups is 2. The number of Topliss-reactive ketones (excluding diaryl/α,β-unsaturated/α-hetero) is 1. The SMILES string of the molecule is C[C@@H]1O[C@H](C(F)(F)F)CN2c3c(F)cc(C(=O)CCc4ncco4)cc3CC3(C(=O)NC(=O)NC3=O)[C@@H]12. The van der Waals surface area contributed by atoms with Gasteiger partial charge in [0.25, 0.3) is 0 Å². The number of barbiturate groups is 1. The summed E-state index contributed by atoms with van der Waals surface area (Å²) in [6.45, 7) is 0.341. The summed E-state index contributed by atoms with van der Waals surface area (Å²) in [6.07, 6.45) is -6.24. The molecule has 1 aromatic heterocycles. The second kappa shape index (κ2) is 8.64. The van der Waals surface area contributed by atoms with Crippen molar-refractivity contribution in [3.05, 3.63) is 47.4 Å². The molecule has 3 aliphatic heterocycles. The third-order valence-electron chi connectivity index (χ3n) is 6.93. The molecule has 2 fully saturated rings. The fraction of sp³-hybridized carbons (Fsp3) is 0.435. The molecule has 2 N–H and O–H groups in total. The number of urea groups is 1. The van der Waals surface area contributed by atoms with Gasteiger partial charge in [0.1, 0.15) is 12.1 Å². The molecule has 1 aromatic carbocycles. The van der Waals surface area contributed by atoms with Crippen LogP contribution in [0.2, 0.25) is 0 Å². The quantitative estimate of drug-likeness (QED) is 0.353. The van der Waals surface area contributed by atoms with Crippen molar-refractivity contribution in [3.63, 3.8) is 0 Å². The predicted molar refractivity (Wildman–Crippen MR) is 115 cm³/mol. The van der Waals surface area contributed by atoms with Crippen molar-refractivity contribution in [1.82, 2.24) is 15.6 Å². The average molecular weight is 524 g/mol. The Morgan fingerprint density at radius 3 is 2.54 bits per heavy atom. The minimum atomic E-state index is -4.82. The molecule has 0 radical (unpaired) electrons. The Balaban J connectivity index is 1.59. The number of alkyl halides is 3. The zero-order valence-corrected chi connectivity index (χ0v) is 19.2. The highest BCUT2D eigenvalue weighted by molar-refractivity contribution is 6.20. The second-order valence-corrected chi connectivity index (χ2v) is 9.17. The highest BCUT2D eigenvalue weighted by Gasteiger charge is 2.65. The Kier molecular flexibility index (Phi) is 5.81. The van der Waals surface area contributed by atoms with Crippen LogP contribution in [-0.2, 0) is 27.2 Å². The number of fused-ring (bicyclic) bond motifs is 4. The Morgan fingerprint density at radius 2 is 1.92 bits per heavy atom. The fourth-order valence-corrected chi connectivity index (χ4v) is 5.41. The molecule has 37 heavy (non-hydrogen) atoms. The number of hydrogen-bond donors (Lipinski definition) is 2. The maximum Gasteiger partial charge on any atom is 0.416 e. The number of aromatic nitrogens is 1. The first-order valence-corrected chi connectivity index (χ1v) is 11.3. The number of oxazole rings is 1. The van der Waals surface area contributed by atoms with Gasteiger partial charge in [-0.2, -0.15) is 13.2 Å². The first kappa shape index (κ1) is 24.9. The summed E-state index contributed by atoms with van der Waals surface area (Å²) in [4.78, 5) is 55.8. The molecule has 4 amide bonds. The maximum atomic E-state index is 15.5. The van der Waals surface area contributed by atoms with Crippen molar-refractivity contribution >= 4 is 29.3 Å². The fourth-order valence-electron chi connectivity index (χ4n) is 5.41. The molecule has 1 spiro atoms. The number of aryl methyl sites for hydroxylation is 1. The molecule has 0 saturated carbocycles. The van der Waals surface area contributed by atoms with Gasteiger partial charge in [0.15, 0.2) is 23.2 Å². The van der Waals surface area contributed by atoms with E-state index in [1.165, 1.54) is 25.5 Å². The lowest BCUT2D eigenvalue weighted by Gasteiger charge is -2.55. The lowest BCUT2D eigenvalue weighted by molar-refractivity contribution is -0.242. The van der Waals surface area contributed by atoms with Gasteiger partial charge in [-0.1, -0.05) is 0 Å². The lowest BCUT2D eigenvalue weighted by atomic mass is 9.66. The standard InChI is InChI=1S/C23H20F4N4O6/c1-10-18-22(19(33)29-21(35)30-20(22)34)8-12-6-11(14(32)2-3-16-28-4-5-36-16)7-13(24)17(12)31(18)9-15(37-10)23(25,26)27/h4-7,10,15,18H,2-3,8-9H2,1H3,(H2,29,30,33,34,35)/t10-,15-,18+/m0/s1. The highest BCUT2D eigenvalue weighted by atomic mass is 19.4. The number of hydrogen-bond acceptors (Lipinski definition) is 8. The number of morpholine rings is 1. The van der Waals surface area contributed by atoms with E-state index >= 15 is 4.39 Å². The minimum Gasteiger partial charge on any atom is -0.449 e. The van der Waals surface area contributed by atoms with Gasteiger partial charge < -0.3 is 14.1 Å². The van der Waals surface area contributed by atoms with Crippen molar-refractivity contribution in [2.24, 2.45) is 5.41 Å². The van der Waals surface area contributed by atoms with E-state index in [-0.39, 0.29) is 35.5 Å². The minimum absolute atomic E-state index is 0.0228. The Morgan fingerprint density at radius 1 is 1.22 bits per heavy atom. The topological polar surface area (TPSA) is 131 Å². The molecular weight excluding hydrogens is 504 g/mol. The van der Waals surface area contributed by atoms with E-state index in [0.717, 1.165) is 11.0 Å². The van der Waals surface area contributed by atoms with E-state index in [2.05, 4.69) is 4.98 Å². The van der Waals surface area contributed by atoms with Crippen LogP contribution in [0.3, 0.4) is 0 Å². The van der Waals surface area contributed by atoms with Gasteiger partial charge in [0, 0.05) is 24.8 Å². The molecule has 2 aromatic rings. The van der Waals surface area contributed by atoms with Crippen LogP contribution in [0.25, 0.3) is 0 Å². The van der Waals surface area contributed by atoms with Crippen LogP contribution in [0.15, 0.2) is 29.0 Å². The Bertz CT molecular complexity index is 1270. The largest absolute Gasteiger partial charge is 0.449 e. The van der Waals surface area contributed by atoms with Crippen molar-refractivity contribution in [2.75, 3.05) is 11.4 Å². The molecule has 0 aliphatic carbocycles. The van der Waals surface area contributed by atoms with Crippen LogP contribution in [-0.4, -0.2) is 59.6 Å². The van der Waals surface area contributed by atoms with Crippen LogP contribution in [0.1, 0.15) is 35.2 Å². The van der Waals surface area contributed by atoms with Gasteiger partial charge in [0.2, 0.25) is 11.8 Å². The average Bonchev–Trinajstić information content (AvgIpc) is 3.33. The summed E-state index contributed by atoms with van der Waals surface area (Å²) in [5, 5.41) is 3.98. The van der Waals surface area contributed by atoms with E-state index in [1.807, 2.05) is 10.6 Å². The van der Waals surface area contributed by atoms with Gasteiger partial charge in [-0.05, 0) is 24.6 Å². The number of anilines is 1. The van der Waals surface area contributed by atoms with Crippen LogP contribution in [0, 0.1) is 11.2 Å². The van der Waals surface area contributed by atoms with Gasteiger partial charge in [-0.25, -0.2) is 14.2 Å². The highest BCUT2D eigenvalue weighted by Crippen LogP contribution is 2.49. The van der Waals surface area contributed by atoms with Crippen molar-refractivity contribution in [3.8, 4) is 0 Å². The zero-order chi connectivity index (χ0) is 26.7. The number of carbonyl (C=O) groups is 4. The van der Waals surface area contributed by atoms with Crippen LogP contribution in [0.4, 0.5) is 28.0 Å². The number of ether oxygens (including phenoxy) is 1. The smallest absolute Gasteiger partial charge is 0.416 e. The summed E-state index contributed by atoms with van der Waals surface area (Å²) < 4.78 is 66.7. The molecule has 2 saturated heterocycles. The van der Waals surface area contributed by atoms with E-state index in [9.17, 15) is 32.3 Å². The first-order chi connectivity index (χ1) is 17.4. The molecular formula is C23H20F4N4O6. The summed E-state index contributed by atoms with van der Waals surface area (Å²) in [5.41, 5.74) is -2.51. The molecule has 4 heterocycles. The van der Waals surface area contributed by atoms with Crippen LogP contribution in [0.5, 0.6) is 0 Å². The normalized spacial score (nSPS) is 24.8. The van der Waals surface area contributed by atoms with Gasteiger partial charge in [0.05, 0.1) is 30.6 Å². The van der Waals surface area contributed by atoms with Crippen molar-refractivity contribution < 1.29 is 45.9 Å². The number of nitrogens with zero attached hydrogens (tertiary/aromatic N) is 2. The molecule has 3 aliphatic rings. The summed E-state index contributed by atoms with van der Waals surface area (Å²) in [6, 6.07) is -0.280. The van der Waals surface area contributed by atoms with Crippen LogP contribution >= 0.6 is 0 Å². The van der Waals surface area contributed by atoms with Crippen LogP contribution < -0.4 is 15.5 Å². The van der Waals surface area contributed by atoms with E-state index in [0.29, 0.717) is 0 Å². The number of halogens is 4. The zero-order valence-electron chi connectivity index (χ0n) is 19.2. The Hall–Kier alpha value is -3.81. The van der Waals surface area contributed by atoms with E-state index in [4.69, 9.17) is 9.15 Å². The molecule has 0 bridgehead atoms. The molecule has 10 nitrogen and oxygen atoms in total. The molecule has 3 atom stereocenters. The number of benzene rings is 1. The van der Waals surface area contributed by atoms with E-state index in [1.54, 1.807) is 0 Å². The number of rotatable bonds is 4. The number of amides is 4. The summed E-state index contributed by atoms with van der Waals surface area (Å²) >= 11 is 0. The van der Waals surface area contributed by atoms with Crippen molar-refractivity contribution in [2.45, 2.75) is 50.6 Å². The number of nitrogens with one attached hydrogen (secondary N) is 2. The van der Waals surface area contributed by atoms with Gasteiger partial charge in [-0.15, -0.1) is 0 Å². The third kappa shape index (κ3) is 4.04. The molecule has 196 valence electrons. The maximum absolute atomic E-state index is 15.5. The summed E-state index contributed by atoms with van der Waals surface area (Å²) in [7, 11) is 0. The summed E-state index contributed by atoms with van der Waals surface area (Å²) in [5.74, 6) is -3.31. The van der Waals surface area contributed by atoms with Gasteiger partial charge >= 0.3 is 12.2 Å². The van der Waals surface area contributed by atoms with E-state index < -0.39 is 72.3 Å². The lowest BCUT2D eigenvalue weighted by Crippen LogP contribution is -2.76. The molecule has 14 heteroatoms. The number of carbonyl (C=O) groups excluding carboxylic acids is 4. The first-order valence-electron chi connectivity index (χ1n) is 11.3. The molecule has 0 unspecified atom stereocenters. The third-order valence-corrected chi connectivity index (χ3v) is 6.93.